The third kappa shape index (κ3) is 2.41. The summed E-state index contributed by atoms with van der Waals surface area (Å²) in [7, 11) is 0. The molecular formula is C11H20N4O. The zero-order valence-electron chi connectivity index (χ0n) is 9.84. The predicted molar refractivity (Wildman–Crippen MR) is 60.8 cm³/mol. The Morgan fingerprint density at radius 2 is 2.44 bits per heavy atom. The summed E-state index contributed by atoms with van der Waals surface area (Å²) in [5.41, 5.74) is 0. The molecule has 0 saturated carbocycles. The van der Waals surface area contributed by atoms with Crippen molar-refractivity contribution in [3.05, 3.63) is 12.2 Å². The molecule has 90 valence electrons. The maximum absolute atomic E-state index is 9.25. The van der Waals surface area contributed by atoms with Crippen molar-refractivity contribution >= 4 is 0 Å². The van der Waals surface area contributed by atoms with Gasteiger partial charge >= 0.3 is 0 Å². The number of nitrogens with zero attached hydrogens (tertiary/aromatic N) is 4. The highest BCUT2D eigenvalue weighted by molar-refractivity contribution is 4.89. The van der Waals surface area contributed by atoms with Crippen molar-refractivity contribution in [2.24, 2.45) is 0 Å². The lowest BCUT2D eigenvalue weighted by atomic mass is 10.2. The molecule has 16 heavy (non-hydrogen) atoms. The van der Waals surface area contributed by atoms with E-state index in [2.05, 4.69) is 21.9 Å². The van der Waals surface area contributed by atoms with Gasteiger partial charge < -0.3 is 5.11 Å². The van der Waals surface area contributed by atoms with Crippen LogP contribution in [0.3, 0.4) is 0 Å². The molecule has 0 bridgehead atoms. The average molecular weight is 224 g/mol. The molecule has 1 aromatic heterocycles. The molecular weight excluding hydrogens is 204 g/mol. The van der Waals surface area contributed by atoms with Crippen LogP contribution in [0.5, 0.6) is 0 Å². The largest absolute Gasteiger partial charge is 0.395 e. The van der Waals surface area contributed by atoms with E-state index in [1.807, 2.05) is 4.68 Å². The van der Waals surface area contributed by atoms with E-state index >= 15 is 0 Å². The van der Waals surface area contributed by atoms with E-state index in [-0.39, 0.29) is 6.61 Å². The molecule has 0 amide bonds. The van der Waals surface area contributed by atoms with E-state index in [1.54, 1.807) is 6.33 Å². The van der Waals surface area contributed by atoms with Crippen LogP contribution in [0.1, 0.15) is 32.0 Å². The number of rotatable bonds is 5. The summed E-state index contributed by atoms with van der Waals surface area (Å²) < 4.78 is 1.97. The van der Waals surface area contributed by atoms with Crippen molar-refractivity contribution in [3.8, 4) is 0 Å². The Hall–Kier alpha value is -0.940. The van der Waals surface area contributed by atoms with E-state index in [4.69, 9.17) is 0 Å². The minimum absolute atomic E-state index is 0.252. The number of aromatic nitrogens is 3. The summed E-state index contributed by atoms with van der Waals surface area (Å²) in [5.74, 6) is 1.02. The van der Waals surface area contributed by atoms with Gasteiger partial charge in [0.1, 0.15) is 12.2 Å². The van der Waals surface area contributed by atoms with Crippen molar-refractivity contribution in [2.75, 3.05) is 13.2 Å². The van der Waals surface area contributed by atoms with Crippen LogP contribution < -0.4 is 0 Å². The number of likely N-dealkylation sites (tertiary alicyclic amines) is 1. The Labute approximate surface area is 96.1 Å². The first-order chi connectivity index (χ1) is 7.85. The maximum Gasteiger partial charge on any atom is 0.141 e. The minimum atomic E-state index is 0.252. The van der Waals surface area contributed by atoms with Crippen molar-refractivity contribution < 1.29 is 5.11 Å². The zero-order valence-corrected chi connectivity index (χ0v) is 9.84. The Morgan fingerprint density at radius 3 is 3.19 bits per heavy atom. The summed E-state index contributed by atoms with van der Waals surface area (Å²) in [6, 6.07) is 0.312. The highest BCUT2D eigenvalue weighted by atomic mass is 16.3. The summed E-state index contributed by atoms with van der Waals surface area (Å²) in [4.78, 5) is 6.60. The molecule has 2 heterocycles. The van der Waals surface area contributed by atoms with Gasteiger partial charge in [0, 0.05) is 12.6 Å². The third-order valence-corrected chi connectivity index (χ3v) is 3.19. The normalized spacial score (nSPS) is 21.8. The second kappa shape index (κ2) is 5.41. The fourth-order valence-corrected chi connectivity index (χ4v) is 2.30. The van der Waals surface area contributed by atoms with Crippen molar-refractivity contribution in [2.45, 2.75) is 45.3 Å². The van der Waals surface area contributed by atoms with Crippen molar-refractivity contribution in [1.82, 2.24) is 19.7 Å². The van der Waals surface area contributed by atoms with Gasteiger partial charge in [0.2, 0.25) is 0 Å². The Bertz CT molecular complexity index is 326. The van der Waals surface area contributed by atoms with Gasteiger partial charge in [0.15, 0.2) is 0 Å². The molecule has 0 spiro atoms. The first-order valence-electron chi connectivity index (χ1n) is 6.06. The monoisotopic (exact) mass is 224 g/mol. The van der Waals surface area contributed by atoms with Gasteiger partial charge in [-0.2, -0.15) is 5.10 Å². The van der Waals surface area contributed by atoms with Gasteiger partial charge in [-0.05, 0) is 25.8 Å². The first kappa shape index (κ1) is 11.5. The van der Waals surface area contributed by atoms with Crippen LogP contribution in [0.4, 0.5) is 0 Å². The van der Waals surface area contributed by atoms with Crippen LogP contribution in [0, 0.1) is 0 Å². The summed E-state index contributed by atoms with van der Waals surface area (Å²) in [5, 5.41) is 13.5. The number of hydrogen-bond acceptors (Lipinski definition) is 4. The van der Waals surface area contributed by atoms with E-state index < -0.39 is 0 Å². The third-order valence-electron chi connectivity index (χ3n) is 3.19. The number of hydrogen-bond donors (Lipinski definition) is 1. The average Bonchev–Trinajstić information content (AvgIpc) is 2.89. The van der Waals surface area contributed by atoms with Gasteiger partial charge in [-0.25, -0.2) is 9.67 Å². The number of aliphatic hydroxyl groups is 1. The smallest absolute Gasteiger partial charge is 0.141 e. The number of aliphatic hydroxyl groups excluding tert-OH is 1. The molecule has 1 aliphatic heterocycles. The summed E-state index contributed by atoms with van der Waals surface area (Å²) in [6.45, 7) is 5.18. The van der Waals surface area contributed by atoms with Gasteiger partial charge in [0.05, 0.1) is 13.2 Å². The second-order valence-corrected chi connectivity index (χ2v) is 4.35. The Morgan fingerprint density at radius 1 is 1.56 bits per heavy atom. The van der Waals surface area contributed by atoms with Crippen LogP contribution in [-0.4, -0.2) is 44.0 Å². The zero-order chi connectivity index (χ0) is 11.4. The van der Waals surface area contributed by atoms with Crippen molar-refractivity contribution in [3.63, 3.8) is 0 Å². The lowest BCUT2D eigenvalue weighted by molar-refractivity contribution is 0.149. The van der Waals surface area contributed by atoms with Gasteiger partial charge in [-0.3, -0.25) is 4.90 Å². The number of aryl methyl sites for hydroxylation is 1. The van der Waals surface area contributed by atoms with Crippen LogP contribution >= 0.6 is 0 Å². The lowest BCUT2D eigenvalue weighted by Crippen LogP contribution is -2.32. The molecule has 1 aromatic rings. The lowest BCUT2D eigenvalue weighted by Gasteiger charge is -2.22. The molecule has 1 unspecified atom stereocenters. The minimum Gasteiger partial charge on any atom is -0.395 e. The quantitative estimate of drug-likeness (QED) is 0.797. The van der Waals surface area contributed by atoms with Crippen LogP contribution in [0.15, 0.2) is 6.33 Å². The van der Waals surface area contributed by atoms with E-state index in [1.165, 1.54) is 6.42 Å². The molecule has 1 saturated heterocycles. The topological polar surface area (TPSA) is 54.2 Å². The second-order valence-electron chi connectivity index (χ2n) is 4.35. The highest BCUT2D eigenvalue weighted by Crippen LogP contribution is 2.18. The predicted octanol–water partition coefficient (Wildman–Crippen LogP) is 0.645. The Balaban J connectivity index is 1.99. The molecule has 0 radical (unpaired) electrons. The molecule has 0 aliphatic carbocycles. The first-order valence-corrected chi connectivity index (χ1v) is 6.06. The van der Waals surface area contributed by atoms with Crippen LogP contribution in [0.2, 0.25) is 0 Å². The fraction of sp³-hybridized carbons (Fsp3) is 0.818. The standard InChI is InChI=1S/C11H20N4O/c1-2-5-15-11(12-9-13-15)7-14-6-3-4-10(14)8-16/h9-10,16H,2-8H2,1H3. The van der Waals surface area contributed by atoms with Crippen LogP contribution in [0.25, 0.3) is 0 Å². The molecule has 1 N–H and O–H groups in total. The summed E-state index contributed by atoms with van der Waals surface area (Å²) >= 11 is 0. The molecule has 5 heteroatoms. The molecule has 2 rings (SSSR count). The molecule has 1 aliphatic rings. The van der Waals surface area contributed by atoms with E-state index in [0.717, 1.165) is 38.3 Å². The summed E-state index contributed by atoms with van der Waals surface area (Å²) in [6.07, 6.45) is 4.96. The van der Waals surface area contributed by atoms with Gasteiger partial charge in [0.25, 0.3) is 0 Å². The molecule has 1 atom stereocenters. The van der Waals surface area contributed by atoms with Crippen molar-refractivity contribution in [1.29, 1.82) is 0 Å². The molecule has 1 fully saturated rings. The maximum atomic E-state index is 9.25. The van der Waals surface area contributed by atoms with Crippen LogP contribution in [-0.2, 0) is 13.1 Å². The van der Waals surface area contributed by atoms with E-state index in [0.29, 0.717) is 6.04 Å². The molecule has 5 nitrogen and oxygen atoms in total. The highest BCUT2D eigenvalue weighted by Gasteiger charge is 2.24. The Kier molecular flexibility index (Phi) is 3.90. The fourth-order valence-electron chi connectivity index (χ4n) is 2.30. The van der Waals surface area contributed by atoms with Gasteiger partial charge in [-0.1, -0.05) is 6.92 Å². The molecule has 0 aromatic carbocycles. The van der Waals surface area contributed by atoms with E-state index in [9.17, 15) is 5.11 Å². The SMILES string of the molecule is CCCn1ncnc1CN1CCCC1CO. The van der Waals surface area contributed by atoms with Gasteiger partial charge in [-0.15, -0.1) is 0 Å².